The summed E-state index contributed by atoms with van der Waals surface area (Å²) in [6.07, 6.45) is 1.93. The van der Waals surface area contributed by atoms with Crippen molar-refractivity contribution < 1.29 is 19.2 Å². The van der Waals surface area contributed by atoms with Gasteiger partial charge in [-0.1, -0.05) is 60.7 Å². The number of hydrogen-bond acceptors (Lipinski definition) is 6. The molecule has 0 aliphatic heterocycles. The SMILES string of the molecule is COc1ccc(N[C@@H](c2ccccc2)[C@H]([C@H](CCCCOC(C)=O)c2ccccc2)[N+](=O)[O-])cc1. The number of ether oxygens (including phenoxy) is 2. The van der Waals surface area contributed by atoms with Gasteiger partial charge in [0.2, 0.25) is 6.04 Å². The molecule has 7 heteroatoms. The highest BCUT2D eigenvalue weighted by atomic mass is 16.6. The Bertz CT molecular complexity index is 1060. The molecule has 0 spiro atoms. The number of methoxy groups -OCH3 is 1. The molecule has 3 aromatic rings. The van der Waals surface area contributed by atoms with Crippen LogP contribution in [-0.4, -0.2) is 30.7 Å². The number of esters is 1. The monoisotopic (exact) mass is 476 g/mol. The van der Waals surface area contributed by atoms with Crippen LogP contribution in [0.5, 0.6) is 5.75 Å². The van der Waals surface area contributed by atoms with Crippen LogP contribution in [0.15, 0.2) is 84.9 Å². The Morgan fingerprint density at radius 3 is 2.06 bits per heavy atom. The number of nitro groups is 1. The van der Waals surface area contributed by atoms with Gasteiger partial charge in [-0.3, -0.25) is 14.9 Å². The smallest absolute Gasteiger partial charge is 0.302 e. The highest BCUT2D eigenvalue weighted by Gasteiger charge is 2.40. The summed E-state index contributed by atoms with van der Waals surface area (Å²) in [5.41, 5.74) is 2.53. The van der Waals surface area contributed by atoms with Crippen molar-refractivity contribution in [3.8, 4) is 5.75 Å². The topological polar surface area (TPSA) is 90.7 Å². The number of unbranched alkanes of at least 4 members (excludes halogenated alkanes) is 1. The number of benzene rings is 3. The van der Waals surface area contributed by atoms with Gasteiger partial charge < -0.3 is 14.8 Å². The molecule has 3 aromatic carbocycles. The van der Waals surface area contributed by atoms with Crippen molar-refractivity contribution in [2.45, 2.75) is 44.2 Å². The maximum atomic E-state index is 12.7. The van der Waals surface area contributed by atoms with Gasteiger partial charge in [-0.2, -0.15) is 0 Å². The third kappa shape index (κ3) is 7.57. The lowest BCUT2D eigenvalue weighted by molar-refractivity contribution is -0.530. The molecule has 0 bridgehead atoms. The minimum atomic E-state index is -0.935. The molecule has 0 saturated carbocycles. The van der Waals surface area contributed by atoms with Gasteiger partial charge >= 0.3 is 5.97 Å². The van der Waals surface area contributed by atoms with Crippen LogP contribution in [0.3, 0.4) is 0 Å². The van der Waals surface area contributed by atoms with Crippen LogP contribution in [0.1, 0.15) is 49.3 Å². The Balaban J connectivity index is 1.95. The Hall–Kier alpha value is -3.87. The second-order valence-corrected chi connectivity index (χ2v) is 8.39. The minimum Gasteiger partial charge on any atom is -0.497 e. The van der Waals surface area contributed by atoms with Gasteiger partial charge in [0.05, 0.1) is 19.6 Å². The van der Waals surface area contributed by atoms with E-state index in [-0.39, 0.29) is 16.8 Å². The number of hydrogen-bond donors (Lipinski definition) is 1. The van der Waals surface area contributed by atoms with E-state index in [0.717, 1.165) is 16.8 Å². The summed E-state index contributed by atoms with van der Waals surface area (Å²) in [6, 6.07) is 25.0. The van der Waals surface area contributed by atoms with E-state index in [0.29, 0.717) is 31.6 Å². The summed E-state index contributed by atoms with van der Waals surface area (Å²) in [5, 5.41) is 16.1. The zero-order valence-corrected chi connectivity index (χ0v) is 20.1. The Labute approximate surface area is 206 Å². The normalized spacial score (nSPS) is 13.3. The second kappa shape index (κ2) is 13.1. The molecule has 1 N–H and O–H groups in total. The molecule has 35 heavy (non-hydrogen) atoms. The van der Waals surface area contributed by atoms with Gasteiger partial charge in [-0.25, -0.2) is 0 Å². The average molecular weight is 477 g/mol. The maximum absolute atomic E-state index is 12.7. The van der Waals surface area contributed by atoms with Crippen molar-refractivity contribution in [1.82, 2.24) is 0 Å². The summed E-state index contributed by atoms with van der Waals surface area (Å²) in [4.78, 5) is 23.6. The molecule has 0 heterocycles. The first-order valence-corrected chi connectivity index (χ1v) is 11.8. The molecule has 0 aliphatic rings. The maximum Gasteiger partial charge on any atom is 0.302 e. The number of nitrogens with one attached hydrogen (secondary N) is 1. The molecule has 0 amide bonds. The lowest BCUT2D eigenvalue weighted by Gasteiger charge is -2.30. The van der Waals surface area contributed by atoms with Gasteiger partial charge in [0.1, 0.15) is 11.8 Å². The molecule has 3 rings (SSSR count). The number of rotatable bonds is 13. The molecule has 0 saturated heterocycles. The van der Waals surface area contributed by atoms with Crippen LogP contribution in [-0.2, 0) is 9.53 Å². The molecule has 0 radical (unpaired) electrons. The van der Waals surface area contributed by atoms with Crippen LogP contribution >= 0.6 is 0 Å². The van der Waals surface area contributed by atoms with E-state index in [4.69, 9.17) is 9.47 Å². The quantitative estimate of drug-likeness (QED) is 0.141. The van der Waals surface area contributed by atoms with Crippen LogP contribution in [0.4, 0.5) is 5.69 Å². The van der Waals surface area contributed by atoms with Crippen LogP contribution in [0, 0.1) is 10.1 Å². The highest BCUT2D eigenvalue weighted by Crippen LogP contribution is 2.37. The molecule has 0 fully saturated rings. The van der Waals surface area contributed by atoms with E-state index >= 15 is 0 Å². The number of carbonyl (C=O) groups excluding carboxylic acids is 1. The molecule has 0 unspecified atom stereocenters. The molecule has 3 atom stereocenters. The minimum absolute atomic E-state index is 0.169. The van der Waals surface area contributed by atoms with E-state index < -0.39 is 12.1 Å². The van der Waals surface area contributed by atoms with Crippen LogP contribution < -0.4 is 10.1 Å². The predicted octanol–water partition coefficient (Wildman–Crippen LogP) is 6.01. The van der Waals surface area contributed by atoms with Gasteiger partial charge in [0, 0.05) is 17.5 Å². The van der Waals surface area contributed by atoms with Crippen molar-refractivity contribution >= 4 is 11.7 Å². The third-order valence-corrected chi connectivity index (χ3v) is 6.01. The van der Waals surface area contributed by atoms with Crippen molar-refractivity contribution in [2.75, 3.05) is 19.0 Å². The average Bonchev–Trinajstić information content (AvgIpc) is 2.88. The zero-order valence-electron chi connectivity index (χ0n) is 20.1. The summed E-state index contributed by atoms with van der Waals surface area (Å²) >= 11 is 0. The zero-order chi connectivity index (χ0) is 25.0. The van der Waals surface area contributed by atoms with Crippen molar-refractivity contribution in [3.63, 3.8) is 0 Å². The Morgan fingerprint density at radius 2 is 1.51 bits per heavy atom. The van der Waals surface area contributed by atoms with Crippen molar-refractivity contribution in [1.29, 1.82) is 0 Å². The fraction of sp³-hybridized carbons (Fsp3) is 0.321. The van der Waals surface area contributed by atoms with E-state index in [1.807, 2.05) is 84.9 Å². The highest BCUT2D eigenvalue weighted by molar-refractivity contribution is 5.65. The van der Waals surface area contributed by atoms with Gasteiger partial charge in [-0.05, 0) is 54.7 Å². The lowest BCUT2D eigenvalue weighted by Crippen LogP contribution is -2.38. The summed E-state index contributed by atoms with van der Waals surface area (Å²) in [7, 11) is 1.60. The molecular formula is C28H32N2O5. The molecule has 0 aliphatic carbocycles. The second-order valence-electron chi connectivity index (χ2n) is 8.39. The fourth-order valence-corrected chi connectivity index (χ4v) is 4.31. The van der Waals surface area contributed by atoms with E-state index in [1.54, 1.807) is 7.11 Å². The fourth-order valence-electron chi connectivity index (χ4n) is 4.31. The molecule has 7 nitrogen and oxygen atoms in total. The first kappa shape index (κ1) is 25.7. The first-order chi connectivity index (χ1) is 17.0. The standard InChI is InChI=1S/C28H32N2O5/c1-21(31)35-20-10-9-15-26(22-11-5-3-6-12-22)28(30(32)33)27(23-13-7-4-8-14-23)29-24-16-18-25(34-2)19-17-24/h3-8,11-14,16-19,26-29H,9-10,15,20H2,1-2H3/t26-,27+,28+/m1/s1. The number of nitrogens with zero attached hydrogens (tertiary/aromatic N) is 1. The van der Waals surface area contributed by atoms with Gasteiger partial charge in [-0.15, -0.1) is 0 Å². The number of carbonyl (C=O) groups is 1. The largest absolute Gasteiger partial charge is 0.497 e. The molecule has 184 valence electrons. The Morgan fingerprint density at radius 1 is 0.914 bits per heavy atom. The van der Waals surface area contributed by atoms with Crippen LogP contribution in [0.2, 0.25) is 0 Å². The van der Waals surface area contributed by atoms with E-state index in [9.17, 15) is 14.9 Å². The summed E-state index contributed by atoms with van der Waals surface area (Å²) in [5.74, 6) is 0.0488. The summed E-state index contributed by atoms with van der Waals surface area (Å²) < 4.78 is 10.3. The van der Waals surface area contributed by atoms with Gasteiger partial charge in [0.15, 0.2) is 0 Å². The summed E-state index contributed by atoms with van der Waals surface area (Å²) in [6.45, 7) is 1.69. The lowest BCUT2D eigenvalue weighted by atomic mass is 9.81. The van der Waals surface area contributed by atoms with Crippen molar-refractivity contribution in [3.05, 3.63) is 106 Å². The van der Waals surface area contributed by atoms with Gasteiger partial charge in [0.25, 0.3) is 0 Å². The third-order valence-electron chi connectivity index (χ3n) is 6.01. The first-order valence-electron chi connectivity index (χ1n) is 11.8. The predicted molar refractivity (Wildman–Crippen MR) is 136 cm³/mol. The van der Waals surface area contributed by atoms with Crippen molar-refractivity contribution in [2.24, 2.45) is 0 Å². The Kier molecular flexibility index (Phi) is 9.66. The molecule has 0 aromatic heterocycles. The van der Waals surface area contributed by atoms with E-state index in [1.165, 1.54) is 6.92 Å². The van der Waals surface area contributed by atoms with E-state index in [2.05, 4.69) is 5.32 Å². The number of anilines is 1. The van der Waals surface area contributed by atoms with Crippen LogP contribution in [0.25, 0.3) is 0 Å². The molecular weight excluding hydrogens is 444 g/mol.